The third-order valence-electron chi connectivity index (χ3n) is 2.23. The first-order valence-electron chi connectivity index (χ1n) is 4.49. The van der Waals surface area contributed by atoms with Gasteiger partial charge in [-0.15, -0.1) is 0 Å². The van der Waals surface area contributed by atoms with Gasteiger partial charge in [0.1, 0.15) is 6.10 Å². The molecule has 1 rings (SSSR count). The second kappa shape index (κ2) is 4.67. The molecule has 1 aromatic rings. The normalized spacial score (nSPS) is 14.1. The van der Waals surface area contributed by atoms with E-state index in [9.17, 15) is 25.3 Å². The minimum atomic E-state index is -1.27. The van der Waals surface area contributed by atoms with Crippen LogP contribution in [0.3, 0.4) is 0 Å². The molecule has 0 aliphatic carbocycles. The second-order valence-electron chi connectivity index (χ2n) is 3.32. The van der Waals surface area contributed by atoms with Gasteiger partial charge in [-0.2, -0.15) is 0 Å². The third-order valence-corrected chi connectivity index (χ3v) is 2.23. The summed E-state index contributed by atoms with van der Waals surface area (Å²) in [6.45, 7) is 1.27. The van der Waals surface area contributed by atoms with E-state index in [4.69, 9.17) is 0 Å². The van der Waals surface area contributed by atoms with Crippen LogP contribution in [0.4, 0.5) is 5.69 Å². The maximum Gasteiger partial charge on any atom is 0.269 e. The smallest absolute Gasteiger partial charge is 0.269 e. The molecule has 0 amide bonds. The number of nitro benzene ring substituents is 1. The average Bonchev–Trinajstić information content (AvgIpc) is 2.27. The third kappa shape index (κ3) is 2.51. The lowest BCUT2D eigenvalue weighted by molar-refractivity contribution is -0.531. The van der Waals surface area contributed by atoms with Gasteiger partial charge in [-0.05, 0) is 17.7 Å². The monoisotopic (exact) mass is 226 g/mol. The number of nitrogens with zero attached hydrogens (tertiary/aromatic N) is 2. The molecule has 0 aromatic heterocycles. The number of nitro groups is 2. The summed E-state index contributed by atoms with van der Waals surface area (Å²) in [6, 6.07) is 3.86. The van der Waals surface area contributed by atoms with Crippen LogP contribution in [-0.2, 0) is 0 Å². The standard InChI is InChI=1S/C9H10N2O5/c1-6(10(13)14)9(12)7-2-4-8(5-3-7)11(15)16/h2-6,9,12H,1H3/t6-,9-/m0/s1. The molecule has 0 heterocycles. The molecule has 16 heavy (non-hydrogen) atoms. The minimum absolute atomic E-state index is 0.121. The first kappa shape index (κ1) is 12.1. The Morgan fingerprint density at radius 2 is 1.69 bits per heavy atom. The van der Waals surface area contributed by atoms with Crippen LogP contribution in [-0.4, -0.2) is 21.0 Å². The number of rotatable bonds is 4. The van der Waals surface area contributed by atoms with E-state index in [0.29, 0.717) is 0 Å². The first-order chi connectivity index (χ1) is 7.43. The Morgan fingerprint density at radius 1 is 1.19 bits per heavy atom. The molecule has 1 N–H and O–H groups in total. The van der Waals surface area contributed by atoms with Crippen LogP contribution >= 0.6 is 0 Å². The molecule has 0 radical (unpaired) electrons. The van der Waals surface area contributed by atoms with Gasteiger partial charge in [0.15, 0.2) is 0 Å². The highest BCUT2D eigenvalue weighted by atomic mass is 16.6. The van der Waals surface area contributed by atoms with Crippen LogP contribution in [0, 0.1) is 20.2 Å². The largest absolute Gasteiger partial charge is 0.381 e. The van der Waals surface area contributed by atoms with Crippen molar-refractivity contribution >= 4 is 5.69 Å². The van der Waals surface area contributed by atoms with Crippen LogP contribution in [0.1, 0.15) is 18.6 Å². The van der Waals surface area contributed by atoms with Crippen molar-refractivity contribution in [2.24, 2.45) is 0 Å². The Balaban J connectivity index is 2.89. The zero-order chi connectivity index (χ0) is 12.3. The lowest BCUT2D eigenvalue weighted by Gasteiger charge is -2.11. The van der Waals surface area contributed by atoms with E-state index in [1.165, 1.54) is 31.2 Å². The van der Waals surface area contributed by atoms with Crippen LogP contribution in [0.25, 0.3) is 0 Å². The van der Waals surface area contributed by atoms with E-state index >= 15 is 0 Å². The molecular weight excluding hydrogens is 216 g/mol. The molecule has 86 valence electrons. The zero-order valence-corrected chi connectivity index (χ0v) is 8.44. The molecule has 0 unspecified atom stereocenters. The fraction of sp³-hybridized carbons (Fsp3) is 0.333. The summed E-state index contributed by atoms with van der Waals surface area (Å²) < 4.78 is 0. The van der Waals surface area contributed by atoms with Crippen LogP contribution < -0.4 is 0 Å². The van der Waals surface area contributed by atoms with Gasteiger partial charge in [-0.3, -0.25) is 20.2 Å². The summed E-state index contributed by atoms with van der Waals surface area (Å²) in [5, 5.41) is 30.4. The SMILES string of the molecule is C[C@@H]([C@H](O)c1ccc([N+](=O)[O-])cc1)[N+](=O)[O-]. The first-order valence-corrected chi connectivity index (χ1v) is 4.49. The predicted molar refractivity (Wildman–Crippen MR) is 54.5 cm³/mol. The van der Waals surface area contributed by atoms with E-state index in [0.717, 1.165) is 0 Å². The van der Waals surface area contributed by atoms with Crippen molar-refractivity contribution in [1.82, 2.24) is 0 Å². The van der Waals surface area contributed by atoms with Crippen LogP contribution in [0.5, 0.6) is 0 Å². The topological polar surface area (TPSA) is 107 Å². The summed E-state index contributed by atoms with van der Waals surface area (Å²) >= 11 is 0. The number of benzene rings is 1. The maximum absolute atomic E-state index is 10.4. The van der Waals surface area contributed by atoms with Crippen molar-refractivity contribution in [3.8, 4) is 0 Å². The van der Waals surface area contributed by atoms with Crippen molar-refractivity contribution in [2.45, 2.75) is 19.1 Å². The molecule has 0 aliphatic heterocycles. The molecule has 0 saturated heterocycles. The van der Waals surface area contributed by atoms with E-state index < -0.39 is 22.0 Å². The molecule has 0 fully saturated rings. The molecule has 7 nitrogen and oxygen atoms in total. The van der Waals surface area contributed by atoms with Crippen molar-refractivity contribution in [1.29, 1.82) is 0 Å². The highest BCUT2D eigenvalue weighted by Crippen LogP contribution is 2.21. The lowest BCUT2D eigenvalue weighted by Crippen LogP contribution is -2.23. The second-order valence-corrected chi connectivity index (χ2v) is 3.32. The number of aliphatic hydroxyl groups is 1. The molecule has 0 spiro atoms. The van der Waals surface area contributed by atoms with Crippen LogP contribution in [0.2, 0.25) is 0 Å². The van der Waals surface area contributed by atoms with E-state index in [2.05, 4.69) is 0 Å². The molecule has 0 saturated carbocycles. The summed E-state index contributed by atoms with van der Waals surface area (Å²) in [4.78, 5) is 19.6. The number of aliphatic hydroxyl groups excluding tert-OH is 1. The van der Waals surface area contributed by atoms with Gasteiger partial charge >= 0.3 is 0 Å². The zero-order valence-electron chi connectivity index (χ0n) is 8.44. The molecule has 7 heteroatoms. The average molecular weight is 226 g/mol. The van der Waals surface area contributed by atoms with Crippen molar-refractivity contribution in [3.05, 3.63) is 50.1 Å². The highest BCUT2D eigenvalue weighted by Gasteiger charge is 2.25. The maximum atomic E-state index is 10.4. The van der Waals surface area contributed by atoms with E-state index in [1.807, 2.05) is 0 Å². The Morgan fingerprint density at radius 3 is 2.06 bits per heavy atom. The van der Waals surface area contributed by atoms with Crippen molar-refractivity contribution < 1.29 is 15.0 Å². The summed E-state index contributed by atoms with van der Waals surface area (Å²) in [5.74, 6) is 0. The van der Waals surface area contributed by atoms with Gasteiger partial charge in [-0.1, -0.05) is 0 Å². The van der Waals surface area contributed by atoms with E-state index in [-0.39, 0.29) is 11.3 Å². The molecule has 2 atom stereocenters. The fourth-order valence-corrected chi connectivity index (χ4v) is 1.19. The molecular formula is C9H10N2O5. The molecule has 1 aromatic carbocycles. The molecule has 0 bridgehead atoms. The van der Waals surface area contributed by atoms with Gasteiger partial charge in [0.05, 0.1) is 4.92 Å². The Hall–Kier alpha value is -2.02. The summed E-state index contributed by atoms with van der Waals surface area (Å²) in [7, 11) is 0. The van der Waals surface area contributed by atoms with E-state index in [1.54, 1.807) is 0 Å². The number of hydrogen-bond donors (Lipinski definition) is 1. The quantitative estimate of drug-likeness (QED) is 0.614. The van der Waals surface area contributed by atoms with Gasteiger partial charge in [0.2, 0.25) is 6.04 Å². The van der Waals surface area contributed by atoms with Crippen LogP contribution in [0.15, 0.2) is 24.3 Å². The summed E-state index contributed by atoms with van der Waals surface area (Å²) in [6.07, 6.45) is -1.27. The highest BCUT2D eigenvalue weighted by molar-refractivity contribution is 5.33. The fourth-order valence-electron chi connectivity index (χ4n) is 1.19. The van der Waals surface area contributed by atoms with Crippen molar-refractivity contribution in [3.63, 3.8) is 0 Å². The Kier molecular flexibility index (Phi) is 3.51. The van der Waals surface area contributed by atoms with Crippen molar-refractivity contribution in [2.75, 3.05) is 0 Å². The predicted octanol–water partition coefficient (Wildman–Crippen LogP) is 1.29. The lowest BCUT2D eigenvalue weighted by atomic mass is 10.0. The van der Waals surface area contributed by atoms with Gasteiger partial charge < -0.3 is 5.11 Å². The van der Waals surface area contributed by atoms with Gasteiger partial charge in [0, 0.05) is 24.0 Å². The molecule has 0 aliphatic rings. The number of non-ortho nitro benzene ring substituents is 1. The Bertz CT molecular complexity index is 403. The van der Waals surface area contributed by atoms with Gasteiger partial charge in [-0.25, -0.2) is 0 Å². The Labute approximate surface area is 90.6 Å². The summed E-state index contributed by atoms with van der Waals surface area (Å²) in [5.41, 5.74) is 0.166. The van der Waals surface area contributed by atoms with Gasteiger partial charge in [0.25, 0.3) is 5.69 Å². The minimum Gasteiger partial charge on any atom is -0.381 e. The number of hydrogen-bond acceptors (Lipinski definition) is 5.